The highest BCUT2D eigenvalue weighted by Crippen LogP contribution is 2.25. The molecule has 1 fully saturated rings. The Hall–Kier alpha value is -3.03. The van der Waals surface area contributed by atoms with E-state index in [1.165, 1.54) is 11.3 Å². The fourth-order valence-electron chi connectivity index (χ4n) is 3.70. The number of piperazine rings is 1. The van der Waals surface area contributed by atoms with Crippen LogP contribution in [0, 0.1) is 6.92 Å². The summed E-state index contributed by atoms with van der Waals surface area (Å²) >= 11 is 0. The molecular formula is C24H36N6O2. The van der Waals surface area contributed by atoms with E-state index >= 15 is 0 Å². The third-order valence-electron chi connectivity index (χ3n) is 5.46. The van der Waals surface area contributed by atoms with Crippen LogP contribution < -0.4 is 15.1 Å². The lowest BCUT2D eigenvalue weighted by Gasteiger charge is -2.35. The average Bonchev–Trinajstić information content (AvgIpc) is 2.75. The first-order valence-corrected chi connectivity index (χ1v) is 11.4. The summed E-state index contributed by atoms with van der Waals surface area (Å²) in [4.78, 5) is 27.6. The molecule has 8 heteroatoms. The van der Waals surface area contributed by atoms with E-state index < -0.39 is 5.60 Å². The Morgan fingerprint density at radius 2 is 1.81 bits per heavy atom. The van der Waals surface area contributed by atoms with Gasteiger partial charge in [-0.25, -0.2) is 9.78 Å². The van der Waals surface area contributed by atoms with Crippen LogP contribution in [-0.2, 0) is 4.74 Å². The van der Waals surface area contributed by atoms with E-state index in [0.717, 1.165) is 24.6 Å². The normalized spacial score (nSPS) is 14.3. The number of amides is 1. The van der Waals surface area contributed by atoms with Crippen molar-refractivity contribution in [1.82, 2.24) is 14.9 Å². The van der Waals surface area contributed by atoms with Gasteiger partial charge in [0.2, 0.25) is 5.95 Å². The number of aromatic nitrogens is 2. The number of nitrogens with zero attached hydrogens (tertiary/aromatic N) is 5. The second kappa shape index (κ2) is 10.1. The largest absolute Gasteiger partial charge is 0.444 e. The van der Waals surface area contributed by atoms with Gasteiger partial charge >= 0.3 is 6.09 Å². The number of carbonyl (C=O) groups is 1. The molecular weight excluding hydrogens is 404 g/mol. The number of rotatable bonds is 6. The Labute approximate surface area is 191 Å². The van der Waals surface area contributed by atoms with Crippen LogP contribution in [0.5, 0.6) is 0 Å². The van der Waals surface area contributed by atoms with Crippen molar-refractivity contribution in [2.75, 3.05) is 54.4 Å². The standard InChI is InChI=1S/C24H36N6O2/c1-7-28(8-2)19-9-10-20(18(3)17-19)26-21-11-12-25-22(27-21)29-13-15-30(16-14-29)23(31)32-24(4,5)6/h9-12,17H,7-8,13-16H2,1-6H3,(H,25,26,27). The molecule has 1 aliphatic rings. The summed E-state index contributed by atoms with van der Waals surface area (Å²) in [6.07, 6.45) is 1.50. The van der Waals surface area contributed by atoms with Gasteiger partial charge in [-0.1, -0.05) is 0 Å². The summed E-state index contributed by atoms with van der Waals surface area (Å²) in [5, 5.41) is 3.43. The molecule has 0 radical (unpaired) electrons. The quantitative estimate of drug-likeness (QED) is 0.712. The van der Waals surface area contributed by atoms with E-state index in [2.05, 4.69) is 59.1 Å². The highest BCUT2D eigenvalue weighted by Gasteiger charge is 2.26. The third-order valence-corrected chi connectivity index (χ3v) is 5.46. The van der Waals surface area contributed by atoms with Crippen molar-refractivity contribution in [2.45, 2.75) is 47.1 Å². The Morgan fingerprint density at radius 3 is 2.41 bits per heavy atom. The first-order chi connectivity index (χ1) is 15.2. The van der Waals surface area contributed by atoms with Crippen molar-refractivity contribution in [3.05, 3.63) is 36.0 Å². The van der Waals surface area contributed by atoms with Gasteiger partial charge in [-0.05, 0) is 71.4 Å². The molecule has 1 amide bonds. The highest BCUT2D eigenvalue weighted by molar-refractivity contribution is 5.69. The second-order valence-corrected chi connectivity index (χ2v) is 8.99. The van der Waals surface area contributed by atoms with Crippen LogP contribution >= 0.6 is 0 Å². The lowest BCUT2D eigenvalue weighted by atomic mass is 10.1. The molecule has 1 aromatic carbocycles. The van der Waals surface area contributed by atoms with Gasteiger partial charge in [-0.2, -0.15) is 4.98 Å². The van der Waals surface area contributed by atoms with Crippen molar-refractivity contribution in [1.29, 1.82) is 0 Å². The molecule has 0 spiro atoms. The van der Waals surface area contributed by atoms with Crippen LogP contribution in [-0.4, -0.2) is 65.8 Å². The summed E-state index contributed by atoms with van der Waals surface area (Å²) in [6, 6.07) is 8.32. The van der Waals surface area contributed by atoms with Crippen LogP contribution in [0.2, 0.25) is 0 Å². The van der Waals surface area contributed by atoms with Gasteiger partial charge in [0.15, 0.2) is 0 Å². The molecule has 1 aromatic heterocycles. The van der Waals surface area contributed by atoms with E-state index in [1.807, 2.05) is 26.8 Å². The van der Waals surface area contributed by atoms with E-state index in [-0.39, 0.29) is 6.09 Å². The highest BCUT2D eigenvalue weighted by atomic mass is 16.6. The van der Waals surface area contributed by atoms with Gasteiger partial charge in [0.25, 0.3) is 0 Å². The molecule has 3 rings (SSSR count). The molecule has 0 unspecified atom stereocenters. The maximum Gasteiger partial charge on any atom is 0.410 e. The zero-order valence-electron chi connectivity index (χ0n) is 20.2. The summed E-state index contributed by atoms with van der Waals surface area (Å²) in [5.41, 5.74) is 2.93. The first kappa shape index (κ1) is 23.6. The number of ether oxygens (including phenoxy) is 1. The zero-order chi connectivity index (χ0) is 23.3. The fraction of sp³-hybridized carbons (Fsp3) is 0.542. The topological polar surface area (TPSA) is 73.8 Å². The maximum absolute atomic E-state index is 12.3. The number of anilines is 4. The van der Waals surface area contributed by atoms with Crippen molar-refractivity contribution in [3.8, 4) is 0 Å². The molecule has 8 nitrogen and oxygen atoms in total. The average molecular weight is 441 g/mol. The molecule has 0 atom stereocenters. The molecule has 1 aliphatic heterocycles. The van der Waals surface area contributed by atoms with Gasteiger partial charge < -0.3 is 24.8 Å². The first-order valence-electron chi connectivity index (χ1n) is 11.4. The monoisotopic (exact) mass is 440 g/mol. The molecule has 32 heavy (non-hydrogen) atoms. The zero-order valence-corrected chi connectivity index (χ0v) is 20.2. The predicted molar refractivity (Wildman–Crippen MR) is 130 cm³/mol. The lowest BCUT2D eigenvalue weighted by molar-refractivity contribution is 0.0240. The Balaban J connectivity index is 1.64. The van der Waals surface area contributed by atoms with Gasteiger partial charge in [0.1, 0.15) is 11.4 Å². The van der Waals surface area contributed by atoms with Gasteiger partial charge in [-0.3, -0.25) is 0 Å². The molecule has 2 heterocycles. The SMILES string of the molecule is CCN(CC)c1ccc(Nc2ccnc(N3CCN(C(=O)OC(C)(C)C)CC3)n2)c(C)c1. The van der Waals surface area contributed by atoms with Crippen LogP contribution in [0.3, 0.4) is 0 Å². The minimum atomic E-state index is -0.487. The Bertz CT molecular complexity index is 915. The van der Waals surface area contributed by atoms with E-state index in [0.29, 0.717) is 32.1 Å². The third kappa shape index (κ3) is 6.02. The minimum absolute atomic E-state index is 0.267. The number of carbonyl (C=O) groups excluding carboxylic acids is 1. The fourth-order valence-corrected chi connectivity index (χ4v) is 3.70. The molecule has 174 valence electrons. The number of aryl methyl sites for hydroxylation is 1. The predicted octanol–water partition coefficient (Wildman–Crippen LogP) is 4.43. The second-order valence-electron chi connectivity index (χ2n) is 8.99. The lowest BCUT2D eigenvalue weighted by Crippen LogP contribution is -2.50. The molecule has 2 aromatic rings. The van der Waals surface area contributed by atoms with Crippen LogP contribution in [0.15, 0.2) is 30.5 Å². The van der Waals surface area contributed by atoms with E-state index in [9.17, 15) is 4.79 Å². The van der Waals surface area contributed by atoms with Crippen molar-refractivity contribution >= 4 is 29.2 Å². The van der Waals surface area contributed by atoms with E-state index in [4.69, 9.17) is 9.72 Å². The van der Waals surface area contributed by atoms with Gasteiger partial charge in [0.05, 0.1) is 0 Å². The Kier molecular flexibility index (Phi) is 7.43. The molecule has 0 aliphatic carbocycles. The number of hydrogen-bond acceptors (Lipinski definition) is 7. The maximum atomic E-state index is 12.3. The van der Waals surface area contributed by atoms with Crippen molar-refractivity contribution in [2.24, 2.45) is 0 Å². The van der Waals surface area contributed by atoms with Crippen LogP contribution in [0.25, 0.3) is 0 Å². The summed E-state index contributed by atoms with van der Waals surface area (Å²) < 4.78 is 5.48. The molecule has 0 bridgehead atoms. The Morgan fingerprint density at radius 1 is 1.12 bits per heavy atom. The summed E-state index contributed by atoms with van der Waals surface area (Å²) in [5.74, 6) is 1.42. The van der Waals surface area contributed by atoms with Gasteiger partial charge in [0, 0.05) is 56.8 Å². The minimum Gasteiger partial charge on any atom is -0.444 e. The molecule has 0 saturated carbocycles. The van der Waals surface area contributed by atoms with Crippen molar-refractivity contribution < 1.29 is 9.53 Å². The van der Waals surface area contributed by atoms with Crippen LogP contribution in [0.4, 0.5) is 27.9 Å². The number of hydrogen-bond donors (Lipinski definition) is 1. The van der Waals surface area contributed by atoms with E-state index in [1.54, 1.807) is 11.1 Å². The molecule has 1 N–H and O–H groups in total. The van der Waals surface area contributed by atoms with Crippen molar-refractivity contribution in [3.63, 3.8) is 0 Å². The number of nitrogens with one attached hydrogen (secondary N) is 1. The summed E-state index contributed by atoms with van der Waals surface area (Å²) in [6.45, 7) is 16.6. The smallest absolute Gasteiger partial charge is 0.410 e. The van der Waals surface area contributed by atoms with Gasteiger partial charge in [-0.15, -0.1) is 0 Å². The molecule has 1 saturated heterocycles. The van der Waals surface area contributed by atoms with Crippen LogP contribution in [0.1, 0.15) is 40.2 Å². The summed E-state index contributed by atoms with van der Waals surface area (Å²) in [7, 11) is 0. The number of benzene rings is 1.